The van der Waals surface area contributed by atoms with Gasteiger partial charge in [0.05, 0.1) is 0 Å². The van der Waals surface area contributed by atoms with Crippen LogP contribution >= 0.6 is 0 Å². The van der Waals surface area contributed by atoms with Crippen LogP contribution in [0.25, 0.3) is 6.08 Å². The summed E-state index contributed by atoms with van der Waals surface area (Å²) in [6.45, 7) is 4.12. The minimum Gasteiger partial charge on any atom is -0.481 e. The van der Waals surface area contributed by atoms with Crippen LogP contribution in [0.15, 0.2) is 24.3 Å². The average Bonchev–Trinajstić information content (AvgIpc) is 2.14. The van der Waals surface area contributed by atoms with E-state index in [1.165, 1.54) is 11.1 Å². The second kappa shape index (κ2) is 5.35. The first kappa shape index (κ1) is 11.5. The maximum absolute atomic E-state index is 10.3. The summed E-state index contributed by atoms with van der Waals surface area (Å²) in [5.41, 5.74) is 3.63. The Labute approximate surface area is 90.3 Å². The molecule has 0 spiro atoms. The highest BCUT2D eigenvalue weighted by Crippen LogP contribution is 2.12. The third-order valence-electron chi connectivity index (χ3n) is 2.25. The Hall–Kier alpha value is -1.57. The molecule has 0 aliphatic carbocycles. The Bertz CT molecular complexity index is 378. The van der Waals surface area contributed by atoms with Crippen molar-refractivity contribution in [3.63, 3.8) is 0 Å². The van der Waals surface area contributed by atoms with Crippen molar-refractivity contribution in [2.75, 3.05) is 0 Å². The number of rotatable bonds is 4. The molecule has 1 N–H and O–H groups in total. The number of hydrogen-bond acceptors (Lipinski definition) is 1. The quantitative estimate of drug-likeness (QED) is 0.817. The van der Waals surface area contributed by atoms with E-state index in [4.69, 9.17) is 5.11 Å². The largest absolute Gasteiger partial charge is 0.481 e. The molecule has 15 heavy (non-hydrogen) atoms. The van der Waals surface area contributed by atoms with Gasteiger partial charge in [-0.25, -0.2) is 0 Å². The van der Waals surface area contributed by atoms with E-state index in [-0.39, 0.29) is 6.42 Å². The number of aliphatic carboxylic acids is 1. The lowest BCUT2D eigenvalue weighted by Crippen LogP contribution is -1.91. The molecule has 0 aliphatic rings. The Morgan fingerprint density at radius 1 is 1.40 bits per heavy atom. The fraction of sp³-hybridized carbons (Fsp3) is 0.308. The van der Waals surface area contributed by atoms with Crippen LogP contribution in [0.1, 0.15) is 29.5 Å². The van der Waals surface area contributed by atoms with Gasteiger partial charge in [-0.1, -0.05) is 35.9 Å². The number of benzene rings is 1. The molecule has 0 unspecified atom stereocenters. The molecule has 2 heteroatoms. The van der Waals surface area contributed by atoms with Crippen molar-refractivity contribution in [3.05, 3.63) is 41.0 Å². The first-order valence-corrected chi connectivity index (χ1v) is 5.05. The molecular weight excluding hydrogens is 188 g/mol. The normalized spacial score (nSPS) is 10.8. The molecule has 0 aromatic heterocycles. The van der Waals surface area contributed by atoms with E-state index >= 15 is 0 Å². The molecule has 0 heterocycles. The molecule has 0 amide bonds. The van der Waals surface area contributed by atoms with Gasteiger partial charge in [0.25, 0.3) is 0 Å². The minimum absolute atomic E-state index is 0.196. The summed E-state index contributed by atoms with van der Waals surface area (Å²) in [5, 5.41) is 8.47. The van der Waals surface area contributed by atoms with Crippen molar-refractivity contribution >= 4 is 12.0 Å². The summed E-state index contributed by atoms with van der Waals surface area (Å²) in [7, 11) is 0. The highest BCUT2D eigenvalue weighted by atomic mass is 16.4. The van der Waals surface area contributed by atoms with Crippen LogP contribution in [-0.4, -0.2) is 11.1 Å². The number of carboxylic acids is 1. The highest BCUT2D eigenvalue weighted by molar-refractivity contribution is 5.67. The smallest absolute Gasteiger partial charge is 0.303 e. The molecule has 0 bridgehead atoms. The van der Waals surface area contributed by atoms with Crippen molar-refractivity contribution in [2.24, 2.45) is 0 Å². The molecule has 2 nitrogen and oxygen atoms in total. The van der Waals surface area contributed by atoms with Gasteiger partial charge in [-0.05, 0) is 31.4 Å². The van der Waals surface area contributed by atoms with E-state index < -0.39 is 5.97 Å². The fourth-order valence-corrected chi connectivity index (χ4v) is 1.43. The maximum atomic E-state index is 10.3. The molecular formula is C13H16O2. The van der Waals surface area contributed by atoms with E-state index in [9.17, 15) is 4.79 Å². The van der Waals surface area contributed by atoms with Gasteiger partial charge < -0.3 is 5.11 Å². The van der Waals surface area contributed by atoms with Crippen LogP contribution in [-0.2, 0) is 4.79 Å². The van der Waals surface area contributed by atoms with Crippen LogP contribution < -0.4 is 0 Å². The number of allylic oxidation sites excluding steroid dienone is 1. The van der Waals surface area contributed by atoms with Gasteiger partial charge in [0.1, 0.15) is 0 Å². The molecule has 0 saturated heterocycles. The first-order valence-electron chi connectivity index (χ1n) is 5.05. The van der Waals surface area contributed by atoms with Gasteiger partial charge >= 0.3 is 5.97 Å². The molecule has 0 radical (unpaired) electrons. The van der Waals surface area contributed by atoms with E-state index in [0.717, 1.165) is 5.56 Å². The Morgan fingerprint density at radius 2 is 2.13 bits per heavy atom. The minimum atomic E-state index is -0.750. The summed E-state index contributed by atoms with van der Waals surface area (Å²) >= 11 is 0. The topological polar surface area (TPSA) is 37.3 Å². The number of carbonyl (C=O) groups is 1. The van der Waals surface area contributed by atoms with E-state index in [1.54, 1.807) is 0 Å². The van der Waals surface area contributed by atoms with E-state index in [1.807, 2.05) is 12.2 Å². The SMILES string of the molecule is Cc1ccc(C=CCCC(=O)O)c(C)c1. The van der Waals surface area contributed by atoms with Crippen LogP contribution in [0.2, 0.25) is 0 Å². The Kier molecular flexibility index (Phi) is 4.10. The lowest BCUT2D eigenvalue weighted by Gasteiger charge is -2.01. The molecule has 0 aliphatic heterocycles. The lowest BCUT2D eigenvalue weighted by atomic mass is 10.1. The zero-order valence-corrected chi connectivity index (χ0v) is 9.16. The molecule has 0 fully saturated rings. The predicted octanol–water partition coefficient (Wildman–Crippen LogP) is 3.18. The fourth-order valence-electron chi connectivity index (χ4n) is 1.43. The summed E-state index contributed by atoms with van der Waals surface area (Å²) in [4.78, 5) is 10.3. The zero-order chi connectivity index (χ0) is 11.3. The maximum Gasteiger partial charge on any atom is 0.303 e. The molecule has 1 aromatic rings. The number of carboxylic acid groups (broad SMARTS) is 1. The Morgan fingerprint density at radius 3 is 2.73 bits per heavy atom. The van der Waals surface area contributed by atoms with Crippen LogP contribution in [0, 0.1) is 13.8 Å². The molecule has 0 saturated carbocycles. The lowest BCUT2D eigenvalue weighted by molar-refractivity contribution is -0.136. The number of hydrogen-bond donors (Lipinski definition) is 1. The Balaban J connectivity index is 2.60. The monoisotopic (exact) mass is 204 g/mol. The first-order chi connectivity index (χ1) is 7.09. The molecule has 1 rings (SSSR count). The molecule has 1 aromatic carbocycles. The summed E-state index contributed by atoms with van der Waals surface area (Å²) in [6.07, 6.45) is 4.67. The second-order valence-electron chi connectivity index (χ2n) is 3.69. The van der Waals surface area contributed by atoms with Gasteiger partial charge in [-0.3, -0.25) is 4.79 Å². The van der Waals surface area contributed by atoms with Gasteiger partial charge in [0.2, 0.25) is 0 Å². The van der Waals surface area contributed by atoms with Crippen molar-refractivity contribution in [1.29, 1.82) is 0 Å². The average molecular weight is 204 g/mol. The van der Waals surface area contributed by atoms with Crippen LogP contribution in [0.5, 0.6) is 0 Å². The standard InChI is InChI=1S/C13H16O2/c1-10-7-8-12(11(2)9-10)5-3-4-6-13(14)15/h3,5,7-9H,4,6H2,1-2H3,(H,14,15). The third kappa shape index (κ3) is 3.98. The van der Waals surface area contributed by atoms with Gasteiger partial charge in [0, 0.05) is 6.42 Å². The zero-order valence-electron chi connectivity index (χ0n) is 9.16. The van der Waals surface area contributed by atoms with Crippen LogP contribution in [0.4, 0.5) is 0 Å². The highest BCUT2D eigenvalue weighted by Gasteiger charge is 1.95. The van der Waals surface area contributed by atoms with E-state index in [2.05, 4.69) is 32.0 Å². The van der Waals surface area contributed by atoms with Crippen molar-refractivity contribution in [3.8, 4) is 0 Å². The summed E-state index contributed by atoms with van der Waals surface area (Å²) in [5.74, 6) is -0.750. The van der Waals surface area contributed by atoms with Crippen molar-refractivity contribution < 1.29 is 9.90 Å². The summed E-state index contributed by atoms with van der Waals surface area (Å²) < 4.78 is 0. The van der Waals surface area contributed by atoms with Crippen LogP contribution in [0.3, 0.4) is 0 Å². The van der Waals surface area contributed by atoms with Crippen molar-refractivity contribution in [1.82, 2.24) is 0 Å². The van der Waals surface area contributed by atoms with E-state index in [0.29, 0.717) is 6.42 Å². The second-order valence-corrected chi connectivity index (χ2v) is 3.69. The third-order valence-corrected chi connectivity index (χ3v) is 2.25. The molecule has 0 atom stereocenters. The predicted molar refractivity (Wildman–Crippen MR) is 61.8 cm³/mol. The molecule has 80 valence electrons. The van der Waals surface area contributed by atoms with Gasteiger partial charge in [0.15, 0.2) is 0 Å². The number of aryl methyl sites for hydroxylation is 2. The van der Waals surface area contributed by atoms with Crippen molar-refractivity contribution in [2.45, 2.75) is 26.7 Å². The van der Waals surface area contributed by atoms with Gasteiger partial charge in [-0.2, -0.15) is 0 Å². The van der Waals surface area contributed by atoms with Gasteiger partial charge in [-0.15, -0.1) is 0 Å². The summed E-state index contributed by atoms with van der Waals surface area (Å²) in [6, 6.07) is 6.24.